The van der Waals surface area contributed by atoms with Gasteiger partial charge in [-0.05, 0) is 11.8 Å². The second-order valence-corrected chi connectivity index (χ2v) is 6.13. The molecule has 0 bridgehead atoms. The number of hydrogen-bond acceptors (Lipinski definition) is 4. The molecule has 6 heteroatoms. The van der Waals surface area contributed by atoms with E-state index in [0.717, 1.165) is 0 Å². The number of alkyl halides is 2. The van der Waals surface area contributed by atoms with Gasteiger partial charge in [-0.25, -0.2) is 8.78 Å². The Balaban J connectivity index is 2.12. The highest BCUT2D eigenvalue weighted by atomic mass is 19.3. The van der Waals surface area contributed by atoms with E-state index >= 15 is 0 Å². The van der Waals surface area contributed by atoms with Gasteiger partial charge in [0.1, 0.15) is 0 Å². The van der Waals surface area contributed by atoms with Gasteiger partial charge in [-0.3, -0.25) is 0 Å². The molecule has 102 valence electrons. The van der Waals surface area contributed by atoms with Gasteiger partial charge >= 0.3 is 0 Å². The van der Waals surface area contributed by atoms with Crippen molar-refractivity contribution in [3.8, 4) is 0 Å². The van der Waals surface area contributed by atoms with Crippen molar-refractivity contribution in [3.63, 3.8) is 0 Å². The number of aromatic nitrogens is 2. The largest absolute Gasteiger partial charge is 0.338 e. The Kier molecular flexibility index (Phi) is 3.17. The van der Waals surface area contributed by atoms with E-state index < -0.39 is 5.92 Å². The Morgan fingerprint density at radius 3 is 2.61 bits per heavy atom. The molecule has 1 heterocycles. The molecular formula is C12H19F2N3O. The van der Waals surface area contributed by atoms with Crippen LogP contribution in [0.5, 0.6) is 0 Å². The minimum Gasteiger partial charge on any atom is -0.338 e. The predicted octanol–water partition coefficient (Wildman–Crippen LogP) is 3.02. The first-order chi connectivity index (χ1) is 8.19. The maximum atomic E-state index is 13.1. The molecule has 1 aliphatic carbocycles. The molecule has 0 saturated heterocycles. The summed E-state index contributed by atoms with van der Waals surface area (Å²) in [6.45, 7) is 5.89. The molecule has 1 aromatic rings. The van der Waals surface area contributed by atoms with E-state index in [-0.39, 0.29) is 30.2 Å². The molecule has 1 unspecified atom stereocenters. The summed E-state index contributed by atoms with van der Waals surface area (Å²) in [4.78, 5) is 4.19. The number of rotatable bonds is 2. The van der Waals surface area contributed by atoms with Crippen LogP contribution >= 0.6 is 0 Å². The number of halogens is 2. The van der Waals surface area contributed by atoms with E-state index in [4.69, 9.17) is 10.3 Å². The number of nitrogens with zero attached hydrogens (tertiary/aromatic N) is 2. The molecular weight excluding hydrogens is 240 g/mol. The monoisotopic (exact) mass is 259 g/mol. The summed E-state index contributed by atoms with van der Waals surface area (Å²) >= 11 is 0. The van der Waals surface area contributed by atoms with Gasteiger partial charge in [0.05, 0.1) is 6.04 Å². The van der Waals surface area contributed by atoms with Crippen molar-refractivity contribution in [1.29, 1.82) is 0 Å². The van der Waals surface area contributed by atoms with Crippen LogP contribution < -0.4 is 5.73 Å². The lowest BCUT2D eigenvalue weighted by atomic mass is 9.87. The second-order valence-electron chi connectivity index (χ2n) is 6.13. The summed E-state index contributed by atoms with van der Waals surface area (Å²) in [6, 6.07) is -0.388. The van der Waals surface area contributed by atoms with Crippen molar-refractivity contribution in [2.24, 2.45) is 11.1 Å². The molecule has 0 spiro atoms. The predicted molar refractivity (Wildman–Crippen MR) is 62.2 cm³/mol. The van der Waals surface area contributed by atoms with Crippen molar-refractivity contribution in [2.45, 2.75) is 57.9 Å². The van der Waals surface area contributed by atoms with Crippen molar-refractivity contribution in [3.05, 3.63) is 11.7 Å². The summed E-state index contributed by atoms with van der Waals surface area (Å²) in [5.74, 6) is -2.23. The van der Waals surface area contributed by atoms with E-state index in [1.54, 1.807) is 0 Å². The Hall–Kier alpha value is -1.04. The van der Waals surface area contributed by atoms with Crippen LogP contribution in [0.3, 0.4) is 0 Å². The highest BCUT2D eigenvalue weighted by Gasteiger charge is 2.42. The molecule has 1 aliphatic rings. The smallest absolute Gasteiger partial charge is 0.248 e. The van der Waals surface area contributed by atoms with Crippen molar-refractivity contribution in [1.82, 2.24) is 10.1 Å². The van der Waals surface area contributed by atoms with E-state index in [1.165, 1.54) is 0 Å². The highest BCUT2D eigenvalue weighted by Crippen LogP contribution is 2.43. The molecule has 1 saturated carbocycles. The third-order valence-electron chi connectivity index (χ3n) is 3.43. The van der Waals surface area contributed by atoms with Gasteiger partial charge in [0, 0.05) is 18.8 Å². The maximum Gasteiger partial charge on any atom is 0.248 e. The van der Waals surface area contributed by atoms with Crippen LogP contribution in [-0.2, 0) is 0 Å². The van der Waals surface area contributed by atoms with Gasteiger partial charge < -0.3 is 10.3 Å². The molecule has 1 fully saturated rings. The van der Waals surface area contributed by atoms with Crippen molar-refractivity contribution in [2.75, 3.05) is 0 Å². The summed E-state index contributed by atoms with van der Waals surface area (Å²) in [7, 11) is 0. The van der Waals surface area contributed by atoms with Crippen LogP contribution in [0.2, 0.25) is 0 Å². The SMILES string of the molecule is CC(C)(C)[C@H](N)c1nc(C2CCC(F)(F)C2)no1. The quantitative estimate of drug-likeness (QED) is 0.886. The van der Waals surface area contributed by atoms with Gasteiger partial charge in [-0.1, -0.05) is 25.9 Å². The Labute approximate surface area is 105 Å². The molecule has 2 rings (SSSR count). The maximum absolute atomic E-state index is 13.1. The lowest BCUT2D eigenvalue weighted by Gasteiger charge is -2.23. The number of hydrogen-bond donors (Lipinski definition) is 1. The van der Waals surface area contributed by atoms with Crippen LogP contribution in [0.1, 0.15) is 63.7 Å². The van der Waals surface area contributed by atoms with Gasteiger partial charge in [0.2, 0.25) is 11.8 Å². The van der Waals surface area contributed by atoms with Gasteiger partial charge in [0.25, 0.3) is 0 Å². The minimum atomic E-state index is -2.60. The zero-order valence-electron chi connectivity index (χ0n) is 10.9. The van der Waals surface area contributed by atoms with Crippen molar-refractivity contribution < 1.29 is 13.3 Å². The fourth-order valence-corrected chi connectivity index (χ4v) is 2.08. The second kappa shape index (κ2) is 4.26. The summed E-state index contributed by atoms with van der Waals surface area (Å²) in [6.07, 6.45) is 0.0975. The van der Waals surface area contributed by atoms with Crippen LogP contribution in [-0.4, -0.2) is 16.1 Å². The molecule has 2 atom stereocenters. The summed E-state index contributed by atoms with van der Waals surface area (Å²) < 4.78 is 31.4. The van der Waals surface area contributed by atoms with Crippen LogP contribution in [0.25, 0.3) is 0 Å². The van der Waals surface area contributed by atoms with E-state index in [2.05, 4.69) is 10.1 Å². The fourth-order valence-electron chi connectivity index (χ4n) is 2.08. The molecule has 2 N–H and O–H groups in total. The molecule has 0 radical (unpaired) electrons. The van der Waals surface area contributed by atoms with Gasteiger partial charge in [-0.2, -0.15) is 4.98 Å². The Morgan fingerprint density at radius 1 is 1.44 bits per heavy atom. The van der Waals surface area contributed by atoms with E-state index in [9.17, 15) is 8.78 Å². The number of nitrogens with two attached hydrogens (primary N) is 1. The Morgan fingerprint density at radius 2 is 2.11 bits per heavy atom. The zero-order valence-corrected chi connectivity index (χ0v) is 10.9. The average Bonchev–Trinajstić information content (AvgIpc) is 2.81. The van der Waals surface area contributed by atoms with Gasteiger partial charge in [-0.15, -0.1) is 0 Å². The topological polar surface area (TPSA) is 64.9 Å². The molecule has 1 aromatic heterocycles. The lowest BCUT2D eigenvalue weighted by molar-refractivity contribution is 0.00749. The van der Waals surface area contributed by atoms with E-state index in [0.29, 0.717) is 18.1 Å². The first-order valence-corrected chi connectivity index (χ1v) is 6.16. The van der Waals surface area contributed by atoms with Crippen LogP contribution in [0.4, 0.5) is 8.78 Å². The third kappa shape index (κ3) is 2.68. The molecule has 0 aliphatic heterocycles. The zero-order chi connectivity index (χ0) is 13.6. The standard InChI is InChI=1S/C12H19F2N3O/c1-11(2,3)8(15)10-16-9(17-18-10)7-4-5-12(13,14)6-7/h7-8H,4-6,15H2,1-3H3/t7?,8-/m1/s1. The highest BCUT2D eigenvalue weighted by molar-refractivity contribution is 5.04. The average molecular weight is 259 g/mol. The molecule has 18 heavy (non-hydrogen) atoms. The first-order valence-electron chi connectivity index (χ1n) is 6.16. The summed E-state index contributed by atoms with van der Waals surface area (Å²) in [5.41, 5.74) is 5.79. The van der Waals surface area contributed by atoms with Gasteiger partial charge in [0.15, 0.2) is 5.82 Å². The normalized spacial score (nSPS) is 25.3. The summed E-state index contributed by atoms with van der Waals surface area (Å²) in [5, 5.41) is 3.80. The first kappa shape index (κ1) is 13.4. The van der Waals surface area contributed by atoms with Crippen LogP contribution in [0.15, 0.2) is 4.52 Å². The van der Waals surface area contributed by atoms with Crippen LogP contribution in [0, 0.1) is 5.41 Å². The minimum absolute atomic E-state index is 0.104. The van der Waals surface area contributed by atoms with Crippen molar-refractivity contribution >= 4 is 0 Å². The molecule has 0 amide bonds. The van der Waals surface area contributed by atoms with E-state index in [1.807, 2.05) is 20.8 Å². The Bertz CT molecular complexity index is 425. The molecule has 4 nitrogen and oxygen atoms in total. The fraction of sp³-hybridized carbons (Fsp3) is 0.833. The third-order valence-corrected chi connectivity index (χ3v) is 3.43. The lowest BCUT2D eigenvalue weighted by Crippen LogP contribution is -2.26. The molecule has 0 aromatic carbocycles.